The quantitative estimate of drug-likeness (QED) is 0.0481. The fourth-order valence-corrected chi connectivity index (χ4v) is 12.9. The van der Waals surface area contributed by atoms with Gasteiger partial charge in [0.2, 0.25) is 0 Å². The zero-order valence-corrected chi connectivity index (χ0v) is 50.4. The number of ether oxygens (including phenoxy) is 2. The maximum Gasteiger partial charge on any atom is 0.321 e. The average molecular weight is 1030 g/mol. The molecule has 0 aromatic carbocycles. The van der Waals surface area contributed by atoms with Gasteiger partial charge < -0.3 is 23.6 Å². The minimum absolute atomic E-state index is 0.00615. The van der Waals surface area contributed by atoms with Crippen LogP contribution < -0.4 is 5.32 Å². The molecule has 70 heavy (non-hydrogen) atoms. The van der Waals surface area contributed by atoms with Crippen LogP contribution in [0.5, 0.6) is 0 Å². The summed E-state index contributed by atoms with van der Waals surface area (Å²) in [6.45, 7) is 13.0. The first-order chi connectivity index (χ1) is 34.6. The van der Waals surface area contributed by atoms with Crippen LogP contribution in [0.3, 0.4) is 0 Å². The number of likely N-dealkylation sites (N-methyl/N-ethyl adjacent to an activating group) is 1. The molecule has 6 nitrogen and oxygen atoms in total. The molecule has 0 radical (unpaired) electrons. The third-order valence-corrected chi connectivity index (χ3v) is 18.0. The van der Waals surface area contributed by atoms with Gasteiger partial charge in [0.05, 0.1) is 33.0 Å². The monoisotopic (exact) mass is 1030 g/mol. The summed E-state index contributed by atoms with van der Waals surface area (Å²) in [5.41, 5.74) is -0.00615. The fraction of sp³-hybridized carbons (Fsp3) is 0.984. The molecular formula is C62H127NO5SSi. The first-order valence-electron chi connectivity index (χ1n) is 31.8. The highest BCUT2D eigenvalue weighted by Gasteiger charge is 2.30. The van der Waals surface area contributed by atoms with E-state index in [0.717, 1.165) is 57.1 Å². The first-order valence-corrected chi connectivity index (χ1v) is 34.5. The highest BCUT2D eigenvalue weighted by Crippen LogP contribution is 2.26. The van der Waals surface area contributed by atoms with E-state index < -0.39 is 9.28 Å². The normalized spacial score (nSPS) is 12.4. The molecule has 1 unspecified atom stereocenters. The molecule has 1 atom stereocenters. The average Bonchev–Trinajstić information content (AvgIpc) is 3.37. The van der Waals surface area contributed by atoms with Crippen molar-refractivity contribution >= 4 is 26.2 Å². The van der Waals surface area contributed by atoms with Crippen LogP contribution >= 0.6 is 11.8 Å². The van der Waals surface area contributed by atoms with Crippen LogP contribution in [0, 0.1) is 0 Å². The van der Waals surface area contributed by atoms with Crippen LogP contribution in [-0.2, 0) is 23.1 Å². The van der Waals surface area contributed by atoms with Crippen molar-refractivity contribution in [3.05, 3.63) is 0 Å². The molecule has 0 aromatic heterocycles. The van der Waals surface area contributed by atoms with Gasteiger partial charge in [-0.25, -0.2) is 0 Å². The van der Waals surface area contributed by atoms with Crippen molar-refractivity contribution < 1.29 is 23.1 Å². The maximum absolute atomic E-state index is 12.9. The Morgan fingerprint density at radius 2 is 0.714 bits per heavy atom. The number of thioether (sulfide) groups is 1. The lowest BCUT2D eigenvalue weighted by Gasteiger charge is -2.35. The van der Waals surface area contributed by atoms with Crippen molar-refractivity contribution in [3.8, 4) is 0 Å². The van der Waals surface area contributed by atoms with Crippen LogP contribution in [0.4, 0.5) is 0 Å². The molecule has 8 heteroatoms. The molecule has 0 aliphatic heterocycles. The van der Waals surface area contributed by atoms with Crippen LogP contribution in [0.15, 0.2) is 0 Å². The van der Waals surface area contributed by atoms with E-state index in [2.05, 4.69) is 40.1 Å². The number of rotatable bonds is 62. The molecule has 0 rings (SSSR count). The van der Waals surface area contributed by atoms with Crippen molar-refractivity contribution in [2.24, 2.45) is 0 Å². The third-order valence-electron chi connectivity index (χ3n) is 15.0. The lowest BCUT2D eigenvalue weighted by atomic mass is 9.87. The van der Waals surface area contributed by atoms with Crippen molar-refractivity contribution in [3.63, 3.8) is 0 Å². The van der Waals surface area contributed by atoms with E-state index in [0.29, 0.717) is 31.5 Å². The Morgan fingerprint density at radius 3 is 1.09 bits per heavy atom. The van der Waals surface area contributed by atoms with Crippen LogP contribution in [0.25, 0.3) is 0 Å². The Balaban J connectivity index is 5.02. The van der Waals surface area contributed by atoms with Gasteiger partial charge in [0, 0.05) is 24.3 Å². The van der Waals surface area contributed by atoms with Gasteiger partial charge in [0.25, 0.3) is 0 Å². The predicted molar refractivity (Wildman–Crippen MR) is 314 cm³/mol. The van der Waals surface area contributed by atoms with Crippen molar-refractivity contribution in [1.29, 1.82) is 0 Å². The van der Waals surface area contributed by atoms with E-state index in [1.165, 1.54) is 270 Å². The molecule has 0 heterocycles. The molecule has 0 spiro atoms. The second-order valence-electron chi connectivity index (χ2n) is 21.8. The van der Waals surface area contributed by atoms with E-state index in [9.17, 15) is 4.79 Å². The number of carbonyl (C=O) groups is 1. The van der Waals surface area contributed by atoms with Gasteiger partial charge in [0.1, 0.15) is 0 Å². The van der Waals surface area contributed by atoms with Gasteiger partial charge in [-0.15, -0.1) is 0 Å². The van der Waals surface area contributed by atoms with E-state index in [4.69, 9.17) is 18.3 Å². The Kier molecular flexibility index (Phi) is 59.9. The number of carbonyl (C=O) groups excluding carboxylic acids is 1. The largest absolute Gasteiger partial charge is 0.395 e. The van der Waals surface area contributed by atoms with Gasteiger partial charge in [0.15, 0.2) is 5.12 Å². The number of nitrogens with one attached hydrogen (secondary N) is 1. The second kappa shape index (κ2) is 59.9. The summed E-state index contributed by atoms with van der Waals surface area (Å²) in [6.07, 6.45) is 62.7. The third kappa shape index (κ3) is 52.9. The Morgan fingerprint density at radius 1 is 0.386 bits per heavy atom. The molecule has 1 N–H and O–H groups in total. The summed E-state index contributed by atoms with van der Waals surface area (Å²) < 4.78 is 25.1. The van der Waals surface area contributed by atoms with Gasteiger partial charge in [-0.2, -0.15) is 0 Å². The summed E-state index contributed by atoms with van der Waals surface area (Å²) in [6, 6.07) is 0.941. The molecule has 420 valence electrons. The smallest absolute Gasteiger partial charge is 0.321 e. The highest BCUT2D eigenvalue weighted by atomic mass is 32.2. The number of hydrogen-bond donors (Lipinski definition) is 1. The fourth-order valence-electron chi connectivity index (χ4n) is 9.98. The molecule has 0 aliphatic carbocycles. The minimum Gasteiger partial charge on any atom is -0.395 e. The van der Waals surface area contributed by atoms with Crippen LogP contribution in [-0.4, -0.2) is 72.4 Å². The lowest BCUT2D eigenvalue weighted by Crippen LogP contribution is -2.49. The van der Waals surface area contributed by atoms with Gasteiger partial charge in [-0.3, -0.25) is 4.79 Å². The predicted octanol–water partition coefficient (Wildman–Crippen LogP) is 19.9. The molecule has 0 bridgehead atoms. The van der Waals surface area contributed by atoms with Crippen molar-refractivity contribution in [2.45, 2.75) is 341 Å². The topological polar surface area (TPSA) is 66.0 Å². The summed E-state index contributed by atoms with van der Waals surface area (Å²) >= 11 is 1.55. The highest BCUT2D eigenvalue weighted by molar-refractivity contribution is 8.13. The Bertz CT molecular complexity index is 960. The second-order valence-corrected chi connectivity index (χ2v) is 25.0. The zero-order valence-electron chi connectivity index (χ0n) is 48.4. The van der Waals surface area contributed by atoms with Crippen molar-refractivity contribution in [2.75, 3.05) is 52.4 Å². The maximum atomic E-state index is 12.9. The van der Waals surface area contributed by atoms with E-state index in [1.54, 1.807) is 11.8 Å². The summed E-state index contributed by atoms with van der Waals surface area (Å²) in [5, 5.41) is 4.23. The summed E-state index contributed by atoms with van der Waals surface area (Å²) in [4.78, 5) is 12.9. The lowest BCUT2D eigenvalue weighted by molar-refractivity contribution is -0.111. The van der Waals surface area contributed by atoms with Gasteiger partial charge >= 0.3 is 9.28 Å². The van der Waals surface area contributed by atoms with Crippen LogP contribution in [0.2, 0.25) is 6.04 Å². The standard InChI is InChI=1S/C62H127NO5SSi/c1-6-10-14-17-20-23-26-29-32-35-38-41-44-47-51-62(63-5,52-48-45-42-39-36-33-30-27-24-21-18-15-11-7-2)60-68-70(67-57-56-66-55-54-65-53-13-9-4)59-49-58-69-61(64)50-46-43-40-37-34-31-28-25-22-19-16-12-8-3/h63,70H,6-60H2,1-5H3. The Hall–Kier alpha value is 0.0369. The molecule has 0 fully saturated rings. The number of unbranched alkanes of at least 4 members (excludes halogenated alkanes) is 39. The first kappa shape index (κ1) is 70.0. The molecular weight excluding hydrogens is 899 g/mol. The molecule has 0 amide bonds. The number of hydrogen-bond acceptors (Lipinski definition) is 7. The van der Waals surface area contributed by atoms with E-state index in [1.807, 2.05) is 0 Å². The van der Waals surface area contributed by atoms with Gasteiger partial charge in [-0.1, -0.05) is 303 Å². The SMILES string of the molecule is CCCCCCCCCCCCCCCCC(CCCCCCCCCCCCCCCC)(CO[SiH](CCCSC(=O)CCCCCCCCCCCCCCC)OCCOCCOCCCC)NC. The van der Waals surface area contributed by atoms with Crippen LogP contribution in [0.1, 0.15) is 329 Å². The zero-order chi connectivity index (χ0) is 50.8. The van der Waals surface area contributed by atoms with E-state index in [-0.39, 0.29) is 5.54 Å². The summed E-state index contributed by atoms with van der Waals surface area (Å²) in [7, 11) is 0.217. The molecule has 0 aromatic rings. The van der Waals surface area contributed by atoms with Crippen molar-refractivity contribution in [1.82, 2.24) is 5.32 Å². The molecule has 0 saturated carbocycles. The minimum atomic E-state index is -1.97. The molecule has 0 aliphatic rings. The summed E-state index contributed by atoms with van der Waals surface area (Å²) in [5.74, 6) is 0.869. The van der Waals surface area contributed by atoms with E-state index >= 15 is 0 Å². The molecule has 0 saturated heterocycles. The Labute approximate surface area is 446 Å². The van der Waals surface area contributed by atoms with Gasteiger partial charge in [-0.05, 0) is 45.2 Å².